The van der Waals surface area contributed by atoms with E-state index >= 15 is 0 Å². The Morgan fingerprint density at radius 2 is 1.91 bits per heavy atom. The van der Waals surface area contributed by atoms with Crippen molar-refractivity contribution in [2.45, 2.75) is 43.2 Å². The van der Waals surface area contributed by atoms with Crippen molar-refractivity contribution in [2.75, 3.05) is 0 Å². The third kappa shape index (κ3) is 4.66. The summed E-state index contributed by atoms with van der Waals surface area (Å²) in [6.45, 7) is 6.49. The van der Waals surface area contributed by atoms with Gasteiger partial charge in [-0.25, -0.2) is 4.98 Å². The highest BCUT2D eigenvalue weighted by Crippen LogP contribution is 2.36. The molecule has 0 aliphatic heterocycles. The standard InChI is InChI=1S/C16H20Cl2N4S/c1-9(2)15-16(22(4)14(21-15)8-20-10(3)19)23-13-6-11(17)5-12(18)7-13/h5-7,9H,8H2,1-4H3,(H2,19,20). The maximum Gasteiger partial charge on any atom is 0.131 e. The molecular weight excluding hydrogens is 351 g/mol. The topological polar surface area (TPSA) is 56.2 Å². The Bertz CT molecular complexity index is 714. The van der Waals surface area contributed by atoms with Crippen molar-refractivity contribution >= 4 is 40.8 Å². The molecule has 0 unspecified atom stereocenters. The van der Waals surface area contributed by atoms with Gasteiger partial charge in [-0.3, -0.25) is 4.99 Å². The van der Waals surface area contributed by atoms with Gasteiger partial charge in [0.05, 0.1) is 18.1 Å². The Morgan fingerprint density at radius 1 is 1.30 bits per heavy atom. The summed E-state index contributed by atoms with van der Waals surface area (Å²) in [6, 6.07) is 5.53. The Balaban J connectivity index is 2.41. The maximum absolute atomic E-state index is 6.10. The zero-order chi connectivity index (χ0) is 17.1. The Kier molecular flexibility index (Phi) is 6.00. The number of nitrogens with two attached hydrogens (primary N) is 1. The SMILES string of the molecule is CC(N)=NCc1nc(C(C)C)c(Sc2cc(Cl)cc(Cl)c2)n1C. The van der Waals surface area contributed by atoms with Gasteiger partial charge in [0, 0.05) is 22.0 Å². The van der Waals surface area contributed by atoms with Crippen LogP contribution < -0.4 is 5.73 Å². The number of nitrogens with zero attached hydrogens (tertiary/aromatic N) is 3. The molecule has 2 rings (SSSR count). The smallest absolute Gasteiger partial charge is 0.131 e. The van der Waals surface area contributed by atoms with Crippen molar-refractivity contribution in [3.63, 3.8) is 0 Å². The molecule has 1 heterocycles. The number of hydrogen-bond donors (Lipinski definition) is 1. The fourth-order valence-corrected chi connectivity index (χ4v) is 3.96. The van der Waals surface area contributed by atoms with E-state index in [1.54, 1.807) is 24.8 Å². The first-order chi connectivity index (χ1) is 10.8. The minimum Gasteiger partial charge on any atom is -0.388 e. The number of aromatic nitrogens is 2. The van der Waals surface area contributed by atoms with Gasteiger partial charge in [0.15, 0.2) is 0 Å². The van der Waals surface area contributed by atoms with Gasteiger partial charge in [-0.05, 0) is 31.0 Å². The van der Waals surface area contributed by atoms with Gasteiger partial charge in [-0.15, -0.1) is 0 Å². The molecule has 0 saturated heterocycles. The lowest BCUT2D eigenvalue weighted by Gasteiger charge is -2.09. The normalized spacial score (nSPS) is 12.2. The molecule has 0 spiro atoms. The second-order valence-corrected chi connectivity index (χ2v) is 7.53. The molecule has 0 bridgehead atoms. The lowest BCUT2D eigenvalue weighted by Crippen LogP contribution is -2.07. The third-order valence-electron chi connectivity index (χ3n) is 3.23. The van der Waals surface area contributed by atoms with Crippen LogP contribution in [-0.2, 0) is 13.6 Å². The average molecular weight is 371 g/mol. The lowest BCUT2D eigenvalue weighted by molar-refractivity contribution is 0.732. The summed E-state index contributed by atoms with van der Waals surface area (Å²) in [5.41, 5.74) is 6.67. The van der Waals surface area contributed by atoms with E-state index < -0.39 is 0 Å². The van der Waals surface area contributed by atoms with Gasteiger partial charge in [-0.2, -0.15) is 0 Å². The number of hydrogen-bond acceptors (Lipinski definition) is 3. The zero-order valence-corrected chi connectivity index (χ0v) is 15.9. The van der Waals surface area contributed by atoms with Crippen molar-refractivity contribution in [3.05, 3.63) is 39.8 Å². The van der Waals surface area contributed by atoms with Gasteiger partial charge in [0.25, 0.3) is 0 Å². The first-order valence-corrected chi connectivity index (χ1v) is 8.81. The summed E-state index contributed by atoms with van der Waals surface area (Å²) >= 11 is 13.8. The van der Waals surface area contributed by atoms with E-state index in [2.05, 4.69) is 23.4 Å². The molecule has 124 valence electrons. The first kappa shape index (κ1) is 18.2. The highest BCUT2D eigenvalue weighted by atomic mass is 35.5. The molecule has 0 amide bonds. The quantitative estimate of drug-likeness (QED) is 0.602. The highest BCUT2D eigenvalue weighted by Gasteiger charge is 2.18. The molecule has 0 fully saturated rings. The molecule has 0 aliphatic carbocycles. The number of rotatable bonds is 5. The van der Waals surface area contributed by atoms with Gasteiger partial charge >= 0.3 is 0 Å². The number of imidazole rings is 1. The summed E-state index contributed by atoms with van der Waals surface area (Å²) < 4.78 is 2.06. The zero-order valence-electron chi connectivity index (χ0n) is 13.6. The summed E-state index contributed by atoms with van der Waals surface area (Å²) in [5.74, 6) is 1.74. The van der Waals surface area contributed by atoms with Crippen molar-refractivity contribution in [1.82, 2.24) is 9.55 Å². The van der Waals surface area contributed by atoms with E-state index in [0.717, 1.165) is 21.4 Å². The largest absolute Gasteiger partial charge is 0.388 e. The lowest BCUT2D eigenvalue weighted by atomic mass is 10.2. The van der Waals surface area contributed by atoms with Gasteiger partial charge in [0.1, 0.15) is 10.9 Å². The number of aliphatic imine (C=N–C) groups is 1. The van der Waals surface area contributed by atoms with Gasteiger partial charge in [-0.1, -0.05) is 48.8 Å². The van der Waals surface area contributed by atoms with Gasteiger partial charge < -0.3 is 10.3 Å². The van der Waals surface area contributed by atoms with Crippen LogP contribution in [0.4, 0.5) is 0 Å². The molecule has 4 nitrogen and oxygen atoms in total. The first-order valence-electron chi connectivity index (χ1n) is 7.24. The minimum absolute atomic E-state index is 0.301. The number of amidine groups is 1. The predicted octanol–water partition coefficient (Wildman–Crippen LogP) is 4.88. The van der Waals surface area contributed by atoms with E-state index in [1.165, 1.54) is 0 Å². The van der Waals surface area contributed by atoms with Crippen molar-refractivity contribution < 1.29 is 0 Å². The van der Waals surface area contributed by atoms with Crippen LogP contribution in [-0.4, -0.2) is 15.4 Å². The van der Waals surface area contributed by atoms with E-state index in [4.69, 9.17) is 33.9 Å². The van der Waals surface area contributed by atoms with Crippen molar-refractivity contribution in [1.29, 1.82) is 0 Å². The van der Waals surface area contributed by atoms with Crippen LogP contribution in [0.5, 0.6) is 0 Å². The van der Waals surface area contributed by atoms with E-state index in [0.29, 0.717) is 28.3 Å². The molecule has 23 heavy (non-hydrogen) atoms. The second-order valence-electron chi connectivity index (χ2n) is 5.60. The summed E-state index contributed by atoms with van der Waals surface area (Å²) in [4.78, 5) is 9.98. The van der Waals surface area contributed by atoms with Crippen LogP contribution >= 0.6 is 35.0 Å². The minimum atomic E-state index is 0.301. The molecule has 0 saturated carbocycles. The highest BCUT2D eigenvalue weighted by molar-refractivity contribution is 7.99. The molecule has 1 aromatic heterocycles. The van der Waals surface area contributed by atoms with Crippen LogP contribution in [0.15, 0.2) is 33.1 Å². The molecule has 0 atom stereocenters. The third-order valence-corrected chi connectivity index (χ3v) is 4.81. The maximum atomic E-state index is 6.10. The predicted molar refractivity (Wildman–Crippen MR) is 98.9 cm³/mol. The monoisotopic (exact) mass is 370 g/mol. The molecule has 2 aromatic rings. The van der Waals surface area contributed by atoms with Gasteiger partial charge in [0.2, 0.25) is 0 Å². The Labute approximate surface area is 151 Å². The molecule has 7 heteroatoms. The summed E-state index contributed by atoms with van der Waals surface area (Å²) in [5, 5.41) is 2.31. The number of halogens is 2. The molecule has 1 aromatic carbocycles. The van der Waals surface area contributed by atoms with Crippen LogP contribution in [0.3, 0.4) is 0 Å². The molecule has 2 N–H and O–H groups in total. The van der Waals surface area contributed by atoms with Crippen molar-refractivity contribution in [3.8, 4) is 0 Å². The second kappa shape index (κ2) is 7.60. The summed E-state index contributed by atoms with van der Waals surface area (Å²) in [6.07, 6.45) is 0. The molecule has 0 radical (unpaired) electrons. The van der Waals surface area contributed by atoms with E-state index in [1.807, 2.05) is 19.2 Å². The van der Waals surface area contributed by atoms with E-state index in [9.17, 15) is 0 Å². The van der Waals surface area contributed by atoms with Crippen LogP contribution in [0, 0.1) is 0 Å². The molecular formula is C16H20Cl2N4S. The van der Waals surface area contributed by atoms with E-state index in [-0.39, 0.29) is 0 Å². The van der Waals surface area contributed by atoms with Crippen LogP contribution in [0.2, 0.25) is 10.0 Å². The average Bonchev–Trinajstić information content (AvgIpc) is 2.73. The fraction of sp³-hybridized carbons (Fsp3) is 0.375. The van der Waals surface area contributed by atoms with Crippen LogP contribution in [0.1, 0.15) is 38.2 Å². The Morgan fingerprint density at radius 3 is 2.43 bits per heavy atom. The number of benzene rings is 1. The van der Waals surface area contributed by atoms with Crippen molar-refractivity contribution in [2.24, 2.45) is 17.8 Å². The summed E-state index contributed by atoms with van der Waals surface area (Å²) in [7, 11) is 1.99. The van der Waals surface area contributed by atoms with Crippen LogP contribution in [0.25, 0.3) is 0 Å². The molecule has 0 aliphatic rings. The fourth-order valence-electron chi connectivity index (χ4n) is 2.08. The Hall–Kier alpha value is -1.17.